The van der Waals surface area contributed by atoms with Gasteiger partial charge in [0.25, 0.3) is 0 Å². The molecule has 3 rings (SSSR count). The minimum atomic E-state index is 0. The van der Waals surface area contributed by atoms with E-state index in [-0.39, 0.29) is 24.4 Å². The average Bonchev–Trinajstić information content (AvgIpc) is 3.04. The van der Waals surface area contributed by atoms with Crippen LogP contribution in [0, 0.1) is 6.92 Å². The van der Waals surface area contributed by atoms with Gasteiger partial charge >= 0.3 is 0 Å². The van der Waals surface area contributed by atoms with Gasteiger partial charge in [0.05, 0.1) is 13.2 Å². The monoisotopic (exact) mass is 354 g/mol. The summed E-state index contributed by atoms with van der Waals surface area (Å²) < 4.78 is 11.4. The molecule has 2 fully saturated rings. The molecule has 1 amide bonds. The van der Waals surface area contributed by atoms with Crippen LogP contribution in [0.5, 0.6) is 5.75 Å². The molecule has 5 nitrogen and oxygen atoms in total. The molecule has 2 aliphatic rings. The van der Waals surface area contributed by atoms with Crippen LogP contribution in [0.4, 0.5) is 5.69 Å². The Balaban J connectivity index is 0.00000208. The zero-order valence-corrected chi connectivity index (χ0v) is 15.0. The number of amides is 1. The van der Waals surface area contributed by atoms with Crippen LogP contribution in [0.1, 0.15) is 37.7 Å². The van der Waals surface area contributed by atoms with Crippen LogP contribution in [0.2, 0.25) is 0 Å². The molecule has 24 heavy (non-hydrogen) atoms. The lowest BCUT2D eigenvalue weighted by Gasteiger charge is -2.24. The molecule has 0 saturated carbocycles. The van der Waals surface area contributed by atoms with Crippen LogP contribution in [0.25, 0.3) is 0 Å². The zero-order valence-electron chi connectivity index (χ0n) is 14.2. The molecule has 1 atom stereocenters. The van der Waals surface area contributed by atoms with Crippen molar-refractivity contribution in [3.8, 4) is 5.75 Å². The molecule has 2 heterocycles. The van der Waals surface area contributed by atoms with Crippen molar-refractivity contribution >= 4 is 24.0 Å². The Hall–Kier alpha value is -1.30. The molecule has 2 N–H and O–H groups in total. The molecule has 0 aromatic heterocycles. The SMILES string of the molecule is Cc1cc(NC(=O)CC2CCCN2)ccc1OC1CCOCC1.Cl. The number of carbonyl (C=O) groups is 1. The molecular formula is C18H27ClN2O3. The molecule has 0 spiro atoms. The molecule has 1 aromatic rings. The minimum Gasteiger partial charge on any atom is -0.490 e. The van der Waals surface area contributed by atoms with E-state index in [1.54, 1.807) is 0 Å². The highest BCUT2D eigenvalue weighted by molar-refractivity contribution is 5.91. The summed E-state index contributed by atoms with van der Waals surface area (Å²) in [5.74, 6) is 0.967. The average molecular weight is 355 g/mol. The van der Waals surface area contributed by atoms with Crippen molar-refractivity contribution in [1.82, 2.24) is 5.32 Å². The van der Waals surface area contributed by atoms with Crippen molar-refractivity contribution in [1.29, 1.82) is 0 Å². The van der Waals surface area contributed by atoms with E-state index in [2.05, 4.69) is 10.6 Å². The Morgan fingerprint density at radius 2 is 2.12 bits per heavy atom. The lowest BCUT2D eigenvalue weighted by molar-refractivity contribution is -0.116. The van der Waals surface area contributed by atoms with Gasteiger partial charge in [-0.05, 0) is 50.1 Å². The first-order valence-corrected chi connectivity index (χ1v) is 8.59. The predicted octanol–water partition coefficient (Wildman–Crippen LogP) is 3.06. The third-order valence-electron chi connectivity index (χ3n) is 4.51. The number of benzene rings is 1. The Labute approximate surface area is 149 Å². The third-order valence-corrected chi connectivity index (χ3v) is 4.51. The maximum absolute atomic E-state index is 12.1. The molecule has 2 saturated heterocycles. The highest BCUT2D eigenvalue weighted by Crippen LogP contribution is 2.25. The Morgan fingerprint density at radius 3 is 2.79 bits per heavy atom. The van der Waals surface area contributed by atoms with Gasteiger partial charge in [0.2, 0.25) is 5.91 Å². The van der Waals surface area contributed by atoms with Gasteiger partial charge in [-0.3, -0.25) is 4.79 Å². The van der Waals surface area contributed by atoms with E-state index >= 15 is 0 Å². The van der Waals surface area contributed by atoms with Crippen molar-refractivity contribution in [2.45, 2.75) is 51.2 Å². The fourth-order valence-corrected chi connectivity index (χ4v) is 3.20. The van der Waals surface area contributed by atoms with E-state index < -0.39 is 0 Å². The number of carbonyl (C=O) groups excluding carboxylic acids is 1. The van der Waals surface area contributed by atoms with E-state index in [0.29, 0.717) is 12.5 Å². The maximum Gasteiger partial charge on any atom is 0.225 e. The molecule has 0 radical (unpaired) electrons. The van der Waals surface area contributed by atoms with Gasteiger partial charge in [0.15, 0.2) is 0 Å². The van der Waals surface area contributed by atoms with Gasteiger partial charge in [0.1, 0.15) is 11.9 Å². The number of hydrogen-bond acceptors (Lipinski definition) is 4. The smallest absolute Gasteiger partial charge is 0.225 e. The van der Waals surface area contributed by atoms with Gasteiger partial charge in [0, 0.05) is 31.0 Å². The summed E-state index contributed by atoms with van der Waals surface area (Å²) in [4.78, 5) is 12.1. The summed E-state index contributed by atoms with van der Waals surface area (Å²) in [7, 11) is 0. The molecular weight excluding hydrogens is 328 g/mol. The second-order valence-electron chi connectivity index (χ2n) is 6.46. The summed E-state index contributed by atoms with van der Waals surface area (Å²) in [6.45, 7) is 4.58. The highest BCUT2D eigenvalue weighted by Gasteiger charge is 2.18. The standard InChI is InChI=1S/C18H26N2O3.ClH/c1-13-11-15(20-18(21)12-14-3-2-8-19-14)4-5-17(13)23-16-6-9-22-10-7-16;/h4-5,11,14,16,19H,2-3,6-10,12H2,1H3,(H,20,21);1H. The van der Waals surface area contributed by atoms with Crippen molar-refractivity contribution in [2.75, 3.05) is 25.1 Å². The maximum atomic E-state index is 12.1. The first-order chi connectivity index (χ1) is 11.2. The molecule has 1 unspecified atom stereocenters. The second kappa shape index (κ2) is 9.25. The van der Waals surface area contributed by atoms with Gasteiger partial charge in [-0.25, -0.2) is 0 Å². The van der Waals surface area contributed by atoms with E-state index in [9.17, 15) is 4.79 Å². The number of nitrogens with one attached hydrogen (secondary N) is 2. The van der Waals surface area contributed by atoms with Crippen LogP contribution < -0.4 is 15.4 Å². The van der Waals surface area contributed by atoms with E-state index in [0.717, 1.165) is 62.4 Å². The van der Waals surface area contributed by atoms with Crippen LogP contribution in [0.3, 0.4) is 0 Å². The fourth-order valence-electron chi connectivity index (χ4n) is 3.20. The van der Waals surface area contributed by atoms with Gasteiger partial charge < -0.3 is 20.1 Å². The largest absolute Gasteiger partial charge is 0.490 e. The lowest BCUT2D eigenvalue weighted by Crippen LogP contribution is -2.27. The van der Waals surface area contributed by atoms with Crippen LogP contribution in [0.15, 0.2) is 18.2 Å². The zero-order chi connectivity index (χ0) is 16.1. The Kier molecular flexibility index (Phi) is 7.34. The third kappa shape index (κ3) is 5.36. The first-order valence-electron chi connectivity index (χ1n) is 8.59. The number of aryl methyl sites for hydroxylation is 1. The Bertz CT molecular complexity index is 541. The molecule has 6 heteroatoms. The van der Waals surface area contributed by atoms with Gasteiger partial charge in [-0.2, -0.15) is 0 Å². The summed E-state index contributed by atoms with van der Waals surface area (Å²) in [6, 6.07) is 6.18. The molecule has 0 bridgehead atoms. The van der Waals surface area contributed by atoms with Crippen LogP contribution in [-0.4, -0.2) is 37.8 Å². The molecule has 134 valence electrons. The normalized spacial score (nSPS) is 21.1. The first kappa shape index (κ1) is 19.0. The van der Waals surface area contributed by atoms with E-state index in [1.807, 2.05) is 25.1 Å². The van der Waals surface area contributed by atoms with Gasteiger partial charge in [-0.15, -0.1) is 12.4 Å². The number of anilines is 1. The van der Waals surface area contributed by atoms with E-state index in [4.69, 9.17) is 9.47 Å². The van der Waals surface area contributed by atoms with Gasteiger partial charge in [-0.1, -0.05) is 0 Å². The van der Waals surface area contributed by atoms with Crippen molar-refractivity contribution in [3.63, 3.8) is 0 Å². The molecule has 1 aromatic carbocycles. The summed E-state index contributed by atoms with van der Waals surface area (Å²) in [5, 5.41) is 6.33. The summed E-state index contributed by atoms with van der Waals surface area (Å²) in [5.41, 5.74) is 1.89. The highest BCUT2D eigenvalue weighted by atomic mass is 35.5. The topological polar surface area (TPSA) is 59.6 Å². The quantitative estimate of drug-likeness (QED) is 0.853. The van der Waals surface area contributed by atoms with Crippen LogP contribution in [-0.2, 0) is 9.53 Å². The minimum absolute atomic E-state index is 0. The van der Waals surface area contributed by atoms with E-state index in [1.165, 1.54) is 0 Å². The molecule has 2 aliphatic heterocycles. The number of rotatable bonds is 5. The molecule has 0 aliphatic carbocycles. The number of ether oxygens (including phenoxy) is 2. The predicted molar refractivity (Wildman–Crippen MR) is 97.2 cm³/mol. The number of halogens is 1. The van der Waals surface area contributed by atoms with Crippen molar-refractivity contribution < 1.29 is 14.3 Å². The van der Waals surface area contributed by atoms with Crippen LogP contribution >= 0.6 is 12.4 Å². The second-order valence-corrected chi connectivity index (χ2v) is 6.46. The Morgan fingerprint density at radius 1 is 1.33 bits per heavy atom. The number of hydrogen-bond donors (Lipinski definition) is 2. The van der Waals surface area contributed by atoms with Crippen molar-refractivity contribution in [2.24, 2.45) is 0 Å². The lowest BCUT2D eigenvalue weighted by atomic mass is 10.1. The van der Waals surface area contributed by atoms with Crippen molar-refractivity contribution in [3.05, 3.63) is 23.8 Å². The fraction of sp³-hybridized carbons (Fsp3) is 0.611. The summed E-state index contributed by atoms with van der Waals surface area (Å²) in [6.07, 6.45) is 4.90. The summed E-state index contributed by atoms with van der Waals surface area (Å²) >= 11 is 0.